The van der Waals surface area contributed by atoms with Gasteiger partial charge in [0.25, 0.3) is 5.09 Å². The number of carbonyl (C=O) groups excluding carboxylic acids is 1. The summed E-state index contributed by atoms with van der Waals surface area (Å²) in [6.45, 7) is 2.58. The molecule has 0 bridgehead atoms. The van der Waals surface area contributed by atoms with Crippen LogP contribution in [0.5, 0.6) is 0 Å². The van der Waals surface area contributed by atoms with Gasteiger partial charge in [-0.05, 0) is 12.8 Å². The van der Waals surface area contributed by atoms with Gasteiger partial charge in [-0.1, -0.05) is 6.92 Å². The molecule has 8 nitrogen and oxygen atoms in total. The minimum Gasteiger partial charge on any atom is -0.465 e. The van der Waals surface area contributed by atoms with Crippen molar-refractivity contribution in [1.29, 1.82) is 0 Å². The van der Waals surface area contributed by atoms with E-state index in [0.717, 1.165) is 18.5 Å². The Morgan fingerprint density at radius 3 is 2.89 bits per heavy atom. The lowest BCUT2D eigenvalue weighted by Gasteiger charge is -2.11. The van der Waals surface area contributed by atoms with Crippen molar-refractivity contribution in [3.63, 3.8) is 0 Å². The van der Waals surface area contributed by atoms with Crippen LogP contribution in [0.3, 0.4) is 0 Å². The second kappa shape index (κ2) is 6.58. The summed E-state index contributed by atoms with van der Waals surface area (Å²) in [6, 6.07) is 0. The zero-order chi connectivity index (χ0) is 13.5. The number of esters is 1. The maximum Gasteiger partial charge on any atom is 0.309 e. The first-order valence-electron chi connectivity index (χ1n) is 5.51. The van der Waals surface area contributed by atoms with Crippen LogP contribution in [0, 0.1) is 22.0 Å². The van der Waals surface area contributed by atoms with Crippen molar-refractivity contribution < 1.29 is 19.8 Å². The number of nitrogens with zero attached hydrogens (tertiary/aromatic N) is 2. The lowest BCUT2D eigenvalue weighted by Crippen LogP contribution is -2.17. The predicted molar refractivity (Wildman–Crippen MR) is 59.3 cm³/mol. The molecule has 0 saturated carbocycles. The highest BCUT2D eigenvalue weighted by molar-refractivity contribution is 5.74. The maximum atomic E-state index is 11.3. The summed E-state index contributed by atoms with van der Waals surface area (Å²) >= 11 is 0. The van der Waals surface area contributed by atoms with Crippen LogP contribution in [0.15, 0.2) is 12.5 Å². The summed E-state index contributed by atoms with van der Waals surface area (Å²) in [6.07, 6.45) is 5.17. The average Bonchev–Trinajstić information content (AvgIpc) is 2.89. The van der Waals surface area contributed by atoms with Gasteiger partial charge in [0.15, 0.2) is 0 Å². The summed E-state index contributed by atoms with van der Waals surface area (Å²) in [5, 5.41) is 13.6. The highest BCUT2D eigenvalue weighted by atomic mass is 16.9. The predicted octanol–water partition coefficient (Wildman–Crippen LogP) is 0.804. The smallest absolute Gasteiger partial charge is 0.309 e. The molecule has 2 rings (SSSR count). The monoisotopic (exact) mass is 257 g/mol. The lowest BCUT2D eigenvalue weighted by atomic mass is 9.89. The summed E-state index contributed by atoms with van der Waals surface area (Å²) in [5.74, 6) is 0.336. The molecule has 2 heterocycles. The Balaban J connectivity index is 0.000000357. The fourth-order valence-electron chi connectivity index (χ4n) is 1.98. The summed E-state index contributed by atoms with van der Waals surface area (Å²) in [4.78, 5) is 26.7. The number of aromatic nitrogens is 2. The van der Waals surface area contributed by atoms with Crippen molar-refractivity contribution in [2.75, 3.05) is 6.61 Å². The van der Waals surface area contributed by atoms with Gasteiger partial charge in [-0.3, -0.25) is 4.79 Å². The van der Waals surface area contributed by atoms with E-state index in [9.17, 15) is 4.79 Å². The Morgan fingerprint density at radius 1 is 1.72 bits per heavy atom. The van der Waals surface area contributed by atoms with E-state index in [2.05, 4.69) is 9.97 Å². The van der Waals surface area contributed by atoms with Crippen molar-refractivity contribution in [3.8, 4) is 0 Å². The maximum absolute atomic E-state index is 11.3. The number of imidazole rings is 1. The molecule has 1 aromatic heterocycles. The topological polar surface area (TPSA) is 118 Å². The van der Waals surface area contributed by atoms with E-state index in [1.807, 2.05) is 6.92 Å². The van der Waals surface area contributed by atoms with Crippen LogP contribution in [0.2, 0.25) is 0 Å². The second-order valence-corrected chi connectivity index (χ2v) is 3.92. The van der Waals surface area contributed by atoms with Crippen molar-refractivity contribution in [2.24, 2.45) is 11.8 Å². The van der Waals surface area contributed by atoms with Crippen LogP contribution in [0.1, 0.15) is 19.0 Å². The summed E-state index contributed by atoms with van der Waals surface area (Å²) in [5.41, 5.74) is 1.08. The molecular formula is C10H15N3O5. The van der Waals surface area contributed by atoms with Crippen LogP contribution in [-0.4, -0.2) is 32.8 Å². The van der Waals surface area contributed by atoms with E-state index in [-0.39, 0.29) is 11.9 Å². The quantitative estimate of drug-likeness (QED) is 0.469. The van der Waals surface area contributed by atoms with Crippen LogP contribution in [-0.2, 0) is 16.0 Å². The molecule has 0 unspecified atom stereocenters. The Morgan fingerprint density at radius 2 is 2.39 bits per heavy atom. The first kappa shape index (κ1) is 13.9. The largest absolute Gasteiger partial charge is 0.465 e. The molecule has 0 aliphatic carbocycles. The molecule has 1 aliphatic heterocycles. The number of nitrogens with one attached hydrogen (secondary N) is 1. The number of ether oxygens (including phenoxy) is 1. The normalized spacial score (nSPS) is 21.9. The molecule has 1 aliphatic rings. The fraction of sp³-hybridized carbons (Fsp3) is 0.600. The van der Waals surface area contributed by atoms with E-state index in [1.165, 1.54) is 0 Å². The molecule has 18 heavy (non-hydrogen) atoms. The van der Waals surface area contributed by atoms with Crippen LogP contribution >= 0.6 is 0 Å². The highest BCUT2D eigenvalue weighted by Crippen LogP contribution is 2.27. The summed E-state index contributed by atoms with van der Waals surface area (Å²) in [7, 11) is 0. The van der Waals surface area contributed by atoms with Crippen molar-refractivity contribution >= 4 is 5.97 Å². The molecule has 8 heteroatoms. The standard InChI is InChI=1S/C10H14N2O2.HNO3/c1-2-9-7(5-14-10(9)13)3-8-4-11-6-12-8;2-1(3)4/h4,6-7,9H,2-3,5H2,1H3,(H,11,12);(H,2,3,4)/t7-,9-;/m0./s1. The number of rotatable bonds is 3. The minimum absolute atomic E-state index is 0.0444. The molecule has 1 saturated heterocycles. The zero-order valence-electron chi connectivity index (χ0n) is 9.91. The molecule has 1 aromatic rings. The number of aromatic amines is 1. The van der Waals surface area contributed by atoms with Gasteiger partial charge in [0.1, 0.15) is 0 Å². The molecule has 2 N–H and O–H groups in total. The van der Waals surface area contributed by atoms with Gasteiger partial charge in [0.2, 0.25) is 0 Å². The molecule has 2 atom stereocenters. The Kier molecular flexibility index (Phi) is 5.09. The van der Waals surface area contributed by atoms with Gasteiger partial charge in [0, 0.05) is 17.8 Å². The molecule has 0 aromatic carbocycles. The van der Waals surface area contributed by atoms with E-state index < -0.39 is 5.09 Å². The van der Waals surface area contributed by atoms with E-state index in [0.29, 0.717) is 12.5 Å². The zero-order valence-corrected chi connectivity index (χ0v) is 9.91. The fourth-order valence-corrected chi connectivity index (χ4v) is 1.98. The first-order chi connectivity index (χ1) is 8.54. The van der Waals surface area contributed by atoms with Gasteiger partial charge in [-0.2, -0.15) is 0 Å². The molecular weight excluding hydrogens is 242 g/mol. The Hall–Kier alpha value is -2.12. The third kappa shape index (κ3) is 4.04. The van der Waals surface area contributed by atoms with Gasteiger partial charge in [0.05, 0.1) is 18.9 Å². The third-order valence-corrected chi connectivity index (χ3v) is 2.79. The van der Waals surface area contributed by atoms with Crippen molar-refractivity contribution in [2.45, 2.75) is 19.8 Å². The number of hydrogen-bond donors (Lipinski definition) is 2. The van der Waals surface area contributed by atoms with Crippen molar-refractivity contribution in [1.82, 2.24) is 9.97 Å². The average molecular weight is 257 g/mol. The van der Waals surface area contributed by atoms with Crippen LogP contribution < -0.4 is 0 Å². The number of hydrogen-bond acceptors (Lipinski definition) is 5. The van der Waals surface area contributed by atoms with Gasteiger partial charge < -0.3 is 14.9 Å². The van der Waals surface area contributed by atoms with Gasteiger partial charge in [-0.25, -0.2) is 4.98 Å². The molecule has 1 fully saturated rings. The molecule has 0 spiro atoms. The van der Waals surface area contributed by atoms with E-state index in [1.54, 1.807) is 12.5 Å². The Bertz CT molecular complexity index is 388. The van der Waals surface area contributed by atoms with Gasteiger partial charge >= 0.3 is 5.97 Å². The lowest BCUT2D eigenvalue weighted by molar-refractivity contribution is -0.742. The van der Waals surface area contributed by atoms with E-state index >= 15 is 0 Å². The second-order valence-electron chi connectivity index (χ2n) is 3.92. The van der Waals surface area contributed by atoms with Crippen molar-refractivity contribution in [3.05, 3.63) is 28.3 Å². The Labute approximate surface area is 103 Å². The molecule has 100 valence electrons. The number of cyclic esters (lactones) is 1. The number of H-pyrrole nitrogens is 1. The summed E-state index contributed by atoms with van der Waals surface area (Å²) < 4.78 is 5.04. The minimum atomic E-state index is -1.50. The number of carbonyl (C=O) groups is 1. The SMILES string of the molecule is CC[C@@H]1C(=O)OC[C@@H]1Cc1cnc[nH]1.O=[N+]([O-])O. The van der Waals surface area contributed by atoms with E-state index in [4.69, 9.17) is 20.1 Å². The molecule has 0 radical (unpaired) electrons. The molecule has 0 amide bonds. The van der Waals surface area contributed by atoms with Crippen LogP contribution in [0.4, 0.5) is 0 Å². The first-order valence-corrected chi connectivity index (χ1v) is 5.51. The highest BCUT2D eigenvalue weighted by Gasteiger charge is 2.35. The third-order valence-electron chi connectivity index (χ3n) is 2.79. The van der Waals surface area contributed by atoms with Crippen LogP contribution in [0.25, 0.3) is 0 Å². The van der Waals surface area contributed by atoms with Gasteiger partial charge in [-0.15, -0.1) is 10.1 Å².